The highest BCUT2D eigenvalue weighted by Crippen LogP contribution is 2.38. The van der Waals surface area contributed by atoms with Crippen LogP contribution in [-0.2, 0) is 6.42 Å². The maximum Gasteiger partial charge on any atom is 0.136 e. The first-order valence-corrected chi connectivity index (χ1v) is 10.1. The number of hydrogen-bond donors (Lipinski definition) is 0. The highest BCUT2D eigenvalue weighted by atomic mass is 16.3. The molecule has 6 rings (SSSR count). The van der Waals surface area contributed by atoms with E-state index in [0.717, 1.165) is 17.6 Å². The first kappa shape index (κ1) is 16.4. The Balaban J connectivity index is 1.79. The first-order valence-electron chi connectivity index (χ1n) is 10.1. The zero-order valence-electron chi connectivity index (χ0n) is 16.3. The fraction of sp³-hybridized carbons (Fsp3) is 0.0714. The maximum atomic E-state index is 6.58. The van der Waals surface area contributed by atoms with Crippen LogP contribution in [0.3, 0.4) is 0 Å². The molecule has 1 nitrogen and oxygen atoms in total. The number of benzene rings is 5. The van der Waals surface area contributed by atoms with Crippen molar-refractivity contribution in [2.24, 2.45) is 0 Å². The summed E-state index contributed by atoms with van der Waals surface area (Å²) in [5, 5.41) is 7.40. The summed E-state index contributed by atoms with van der Waals surface area (Å²) in [6.45, 7) is 2.24. The van der Waals surface area contributed by atoms with E-state index in [0.29, 0.717) is 0 Å². The zero-order valence-corrected chi connectivity index (χ0v) is 16.3. The van der Waals surface area contributed by atoms with Crippen LogP contribution in [0.5, 0.6) is 0 Å². The Morgan fingerprint density at radius 2 is 1.31 bits per heavy atom. The molecule has 0 saturated carbocycles. The Hall–Kier alpha value is -3.58. The van der Waals surface area contributed by atoms with Crippen LogP contribution in [0.2, 0.25) is 0 Å². The molecule has 0 bridgehead atoms. The van der Waals surface area contributed by atoms with Crippen LogP contribution in [0.4, 0.5) is 0 Å². The molecule has 6 aromatic rings. The second-order valence-electron chi connectivity index (χ2n) is 7.81. The van der Waals surface area contributed by atoms with Gasteiger partial charge in [0, 0.05) is 10.8 Å². The van der Waals surface area contributed by atoms with Crippen LogP contribution < -0.4 is 0 Å². The van der Waals surface area contributed by atoms with Crippen molar-refractivity contribution >= 4 is 43.5 Å². The van der Waals surface area contributed by atoms with E-state index < -0.39 is 0 Å². The summed E-state index contributed by atoms with van der Waals surface area (Å²) in [4.78, 5) is 0. The maximum absolute atomic E-state index is 6.58. The van der Waals surface area contributed by atoms with Gasteiger partial charge in [0.05, 0.1) is 0 Å². The Bertz CT molecular complexity index is 1520. The van der Waals surface area contributed by atoms with E-state index in [1.54, 1.807) is 0 Å². The number of rotatable bonds is 2. The van der Waals surface area contributed by atoms with Crippen LogP contribution in [-0.4, -0.2) is 0 Å². The third-order valence-corrected chi connectivity index (χ3v) is 6.12. The summed E-state index contributed by atoms with van der Waals surface area (Å²) >= 11 is 0. The Morgan fingerprint density at radius 3 is 2.14 bits per heavy atom. The molecule has 0 N–H and O–H groups in total. The minimum Gasteiger partial charge on any atom is -0.456 e. The molecule has 0 atom stereocenters. The van der Waals surface area contributed by atoms with Crippen molar-refractivity contribution in [1.29, 1.82) is 0 Å². The van der Waals surface area contributed by atoms with Crippen molar-refractivity contribution in [2.75, 3.05) is 0 Å². The molecule has 1 heteroatoms. The van der Waals surface area contributed by atoms with E-state index in [-0.39, 0.29) is 0 Å². The lowest BCUT2D eigenvalue weighted by Gasteiger charge is -2.11. The summed E-state index contributed by atoms with van der Waals surface area (Å²) in [5.41, 5.74) is 5.85. The van der Waals surface area contributed by atoms with Crippen LogP contribution in [0.1, 0.15) is 16.7 Å². The van der Waals surface area contributed by atoms with Crippen LogP contribution in [0.15, 0.2) is 95.4 Å². The van der Waals surface area contributed by atoms with E-state index in [1.165, 1.54) is 49.0 Å². The zero-order chi connectivity index (χ0) is 19.4. The summed E-state index contributed by atoms with van der Waals surface area (Å²) in [6.07, 6.45) is 0.903. The molecule has 0 aliphatic carbocycles. The van der Waals surface area contributed by atoms with Crippen molar-refractivity contribution in [1.82, 2.24) is 0 Å². The molecule has 29 heavy (non-hydrogen) atoms. The highest BCUT2D eigenvalue weighted by Gasteiger charge is 2.14. The van der Waals surface area contributed by atoms with Gasteiger partial charge in [-0.15, -0.1) is 0 Å². The summed E-state index contributed by atoms with van der Waals surface area (Å²) in [6, 6.07) is 32.4. The molecule has 1 aromatic heterocycles. The molecule has 0 aliphatic heterocycles. The van der Waals surface area contributed by atoms with E-state index in [2.05, 4.69) is 97.9 Å². The van der Waals surface area contributed by atoms with Gasteiger partial charge >= 0.3 is 0 Å². The normalized spacial score (nSPS) is 11.8. The van der Waals surface area contributed by atoms with Crippen LogP contribution >= 0.6 is 0 Å². The van der Waals surface area contributed by atoms with E-state index >= 15 is 0 Å². The van der Waals surface area contributed by atoms with Gasteiger partial charge in [0.2, 0.25) is 0 Å². The molecule has 5 aromatic carbocycles. The quantitative estimate of drug-likeness (QED) is 0.302. The number of fused-ring (bicyclic) bond motifs is 1. The average Bonchev–Trinajstić information content (AvgIpc) is 2.90. The molecule has 1 heterocycles. The topological polar surface area (TPSA) is 13.1 Å². The fourth-order valence-corrected chi connectivity index (χ4v) is 4.68. The van der Waals surface area contributed by atoms with Gasteiger partial charge in [0.1, 0.15) is 11.2 Å². The lowest BCUT2D eigenvalue weighted by atomic mass is 9.92. The minimum atomic E-state index is 0.903. The number of aryl methyl sites for hydroxylation is 1. The summed E-state index contributed by atoms with van der Waals surface area (Å²) in [7, 11) is 0. The van der Waals surface area contributed by atoms with Crippen LogP contribution in [0.25, 0.3) is 43.5 Å². The van der Waals surface area contributed by atoms with E-state index in [9.17, 15) is 0 Å². The van der Waals surface area contributed by atoms with Gasteiger partial charge in [-0.3, -0.25) is 0 Å². The molecular weight excluding hydrogens is 352 g/mol. The lowest BCUT2D eigenvalue weighted by molar-refractivity contribution is 0.663. The standard InChI is InChI=1S/C28H20O/c1-18-21(16-19-8-3-2-4-9-19)17-26-28-22(18)12-7-14-24(28)23-13-5-10-20-11-6-15-25(29-26)27(20)23/h2-15,17H,16H2,1H3. The molecule has 0 spiro atoms. The molecule has 0 amide bonds. The fourth-order valence-electron chi connectivity index (χ4n) is 4.68. The minimum absolute atomic E-state index is 0.903. The first-order chi connectivity index (χ1) is 14.3. The van der Waals surface area contributed by atoms with Gasteiger partial charge in [-0.05, 0) is 63.7 Å². The monoisotopic (exact) mass is 372 g/mol. The van der Waals surface area contributed by atoms with Gasteiger partial charge in [-0.25, -0.2) is 0 Å². The molecule has 0 radical (unpaired) electrons. The molecule has 0 fully saturated rings. The Labute approximate surface area is 169 Å². The van der Waals surface area contributed by atoms with Crippen molar-refractivity contribution in [3.8, 4) is 0 Å². The third kappa shape index (κ3) is 2.48. The van der Waals surface area contributed by atoms with Crippen molar-refractivity contribution in [3.63, 3.8) is 0 Å². The average molecular weight is 372 g/mol. The van der Waals surface area contributed by atoms with E-state index in [1.807, 2.05) is 0 Å². The van der Waals surface area contributed by atoms with Crippen molar-refractivity contribution < 1.29 is 4.42 Å². The Kier molecular flexibility index (Phi) is 3.51. The predicted molar refractivity (Wildman–Crippen MR) is 123 cm³/mol. The second-order valence-corrected chi connectivity index (χ2v) is 7.81. The third-order valence-electron chi connectivity index (χ3n) is 6.12. The van der Waals surface area contributed by atoms with Gasteiger partial charge in [0.15, 0.2) is 0 Å². The van der Waals surface area contributed by atoms with Gasteiger partial charge in [-0.2, -0.15) is 0 Å². The summed E-state index contributed by atoms with van der Waals surface area (Å²) < 4.78 is 6.58. The lowest BCUT2D eigenvalue weighted by Crippen LogP contribution is -1.93. The second kappa shape index (κ2) is 6.22. The largest absolute Gasteiger partial charge is 0.456 e. The van der Waals surface area contributed by atoms with Crippen molar-refractivity contribution in [2.45, 2.75) is 13.3 Å². The Morgan fingerprint density at radius 1 is 0.621 bits per heavy atom. The SMILES string of the molecule is Cc1c(Cc2ccccc2)cc2oc3cccc4cccc(c5cccc1c25)c43. The van der Waals surface area contributed by atoms with Crippen LogP contribution in [0, 0.1) is 6.92 Å². The summed E-state index contributed by atoms with van der Waals surface area (Å²) in [5.74, 6) is 0. The van der Waals surface area contributed by atoms with Gasteiger partial charge in [-0.1, -0.05) is 78.9 Å². The van der Waals surface area contributed by atoms with Gasteiger partial charge < -0.3 is 4.42 Å². The number of hydrogen-bond acceptors (Lipinski definition) is 1. The molecule has 138 valence electrons. The highest BCUT2D eigenvalue weighted by molar-refractivity contribution is 6.23. The molecular formula is C28H20O. The molecule has 0 aliphatic rings. The van der Waals surface area contributed by atoms with E-state index in [4.69, 9.17) is 4.42 Å². The van der Waals surface area contributed by atoms with Crippen molar-refractivity contribution in [3.05, 3.63) is 108 Å². The molecule has 0 unspecified atom stereocenters. The predicted octanol–water partition coefficient (Wildman–Crippen LogP) is 7.79. The molecule has 0 saturated heterocycles. The smallest absolute Gasteiger partial charge is 0.136 e. The van der Waals surface area contributed by atoms with Gasteiger partial charge in [0.25, 0.3) is 0 Å².